The molecule has 0 aliphatic heterocycles. The summed E-state index contributed by atoms with van der Waals surface area (Å²) in [5.41, 5.74) is 6.99. The standard InChI is InChI=1S/C15H23N3O2/c1-3-17-15(19)11-4-7-14(13(16)10-11)20-9-8-18(2)12-5-6-12/h4,7,10,12H,3,5-6,8-9,16H2,1-2H3,(H,17,19). The summed E-state index contributed by atoms with van der Waals surface area (Å²) in [6.07, 6.45) is 2.58. The van der Waals surface area contributed by atoms with Crippen LogP contribution in [0.25, 0.3) is 0 Å². The monoisotopic (exact) mass is 277 g/mol. The first-order valence-corrected chi connectivity index (χ1v) is 7.12. The van der Waals surface area contributed by atoms with E-state index in [9.17, 15) is 4.79 Å². The normalized spacial score (nSPS) is 14.3. The number of amides is 1. The second kappa shape index (κ2) is 6.61. The van der Waals surface area contributed by atoms with Gasteiger partial charge in [0, 0.05) is 24.7 Å². The number of ether oxygens (including phenoxy) is 1. The number of hydrogen-bond donors (Lipinski definition) is 2. The van der Waals surface area contributed by atoms with E-state index in [1.54, 1.807) is 18.2 Å². The van der Waals surface area contributed by atoms with E-state index in [0.29, 0.717) is 30.2 Å². The Hall–Kier alpha value is -1.75. The third-order valence-electron chi connectivity index (χ3n) is 3.48. The Bertz CT molecular complexity index is 472. The number of likely N-dealkylation sites (N-methyl/N-ethyl adjacent to an activating group) is 1. The van der Waals surface area contributed by atoms with E-state index in [1.807, 2.05) is 6.92 Å². The van der Waals surface area contributed by atoms with Gasteiger partial charge in [-0.05, 0) is 45.0 Å². The third-order valence-corrected chi connectivity index (χ3v) is 3.48. The topological polar surface area (TPSA) is 67.6 Å². The molecule has 5 nitrogen and oxygen atoms in total. The van der Waals surface area contributed by atoms with Crippen LogP contribution >= 0.6 is 0 Å². The average Bonchev–Trinajstić information content (AvgIpc) is 3.25. The van der Waals surface area contributed by atoms with Gasteiger partial charge in [0.25, 0.3) is 5.91 Å². The minimum atomic E-state index is -0.112. The van der Waals surface area contributed by atoms with E-state index in [0.717, 1.165) is 12.6 Å². The van der Waals surface area contributed by atoms with Gasteiger partial charge in [-0.15, -0.1) is 0 Å². The number of carbonyl (C=O) groups excluding carboxylic acids is 1. The smallest absolute Gasteiger partial charge is 0.251 e. The molecule has 1 saturated carbocycles. The van der Waals surface area contributed by atoms with Gasteiger partial charge in [-0.25, -0.2) is 0 Å². The molecular weight excluding hydrogens is 254 g/mol. The first kappa shape index (κ1) is 14.7. The third kappa shape index (κ3) is 3.87. The van der Waals surface area contributed by atoms with E-state index in [1.165, 1.54) is 12.8 Å². The van der Waals surface area contributed by atoms with Crippen LogP contribution in [-0.2, 0) is 0 Å². The summed E-state index contributed by atoms with van der Waals surface area (Å²) in [6, 6.07) is 5.89. The highest BCUT2D eigenvalue weighted by Crippen LogP contribution is 2.25. The highest BCUT2D eigenvalue weighted by Gasteiger charge is 2.25. The molecular formula is C15H23N3O2. The van der Waals surface area contributed by atoms with Crippen molar-refractivity contribution >= 4 is 11.6 Å². The zero-order valence-electron chi connectivity index (χ0n) is 12.2. The van der Waals surface area contributed by atoms with Crippen LogP contribution in [0.3, 0.4) is 0 Å². The molecule has 0 aromatic heterocycles. The first-order valence-electron chi connectivity index (χ1n) is 7.12. The molecule has 0 bridgehead atoms. The molecule has 20 heavy (non-hydrogen) atoms. The van der Waals surface area contributed by atoms with Gasteiger partial charge in [-0.1, -0.05) is 0 Å². The number of hydrogen-bond acceptors (Lipinski definition) is 4. The molecule has 2 rings (SSSR count). The van der Waals surface area contributed by atoms with Crippen molar-refractivity contribution in [3.8, 4) is 5.75 Å². The fraction of sp³-hybridized carbons (Fsp3) is 0.533. The molecule has 0 saturated heterocycles. The number of nitrogens with two attached hydrogens (primary N) is 1. The largest absolute Gasteiger partial charge is 0.490 e. The molecule has 0 spiro atoms. The quantitative estimate of drug-likeness (QED) is 0.741. The van der Waals surface area contributed by atoms with Gasteiger partial charge in [0.15, 0.2) is 0 Å². The molecule has 0 atom stereocenters. The SMILES string of the molecule is CCNC(=O)c1ccc(OCCN(C)C2CC2)c(N)c1. The van der Waals surface area contributed by atoms with Crippen molar-refractivity contribution in [2.75, 3.05) is 32.5 Å². The lowest BCUT2D eigenvalue weighted by atomic mass is 10.2. The Balaban J connectivity index is 1.86. The Morgan fingerprint density at radius 2 is 2.25 bits per heavy atom. The van der Waals surface area contributed by atoms with Crippen LogP contribution in [0.5, 0.6) is 5.75 Å². The van der Waals surface area contributed by atoms with Crippen LogP contribution in [0.1, 0.15) is 30.1 Å². The number of nitrogen functional groups attached to an aromatic ring is 1. The predicted octanol–water partition coefficient (Wildman–Crippen LogP) is 1.49. The summed E-state index contributed by atoms with van der Waals surface area (Å²) in [4.78, 5) is 14.0. The Kier molecular flexibility index (Phi) is 4.84. The summed E-state index contributed by atoms with van der Waals surface area (Å²) in [6.45, 7) is 3.99. The van der Waals surface area contributed by atoms with Crippen LogP contribution in [0, 0.1) is 0 Å². The zero-order chi connectivity index (χ0) is 14.5. The molecule has 3 N–H and O–H groups in total. The predicted molar refractivity (Wildman–Crippen MR) is 80.0 cm³/mol. The lowest BCUT2D eigenvalue weighted by Gasteiger charge is -2.16. The molecule has 1 aliphatic rings. The Labute approximate surface area is 120 Å². The van der Waals surface area contributed by atoms with Gasteiger partial charge >= 0.3 is 0 Å². The van der Waals surface area contributed by atoms with E-state index < -0.39 is 0 Å². The van der Waals surface area contributed by atoms with Gasteiger partial charge in [-0.3, -0.25) is 4.79 Å². The number of benzene rings is 1. The van der Waals surface area contributed by atoms with Crippen molar-refractivity contribution in [2.24, 2.45) is 0 Å². The number of carbonyl (C=O) groups is 1. The maximum atomic E-state index is 11.7. The lowest BCUT2D eigenvalue weighted by Crippen LogP contribution is -2.26. The summed E-state index contributed by atoms with van der Waals surface area (Å²) in [7, 11) is 2.11. The van der Waals surface area contributed by atoms with E-state index in [-0.39, 0.29) is 5.91 Å². The molecule has 0 unspecified atom stereocenters. The Morgan fingerprint density at radius 3 is 2.85 bits per heavy atom. The van der Waals surface area contributed by atoms with Crippen molar-refractivity contribution in [1.82, 2.24) is 10.2 Å². The molecule has 110 valence electrons. The van der Waals surface area contributed by atoms with Crippen molar-refractivity contribution in [1.29, 1.82) is 0 Å². The van der Waals surface area contributed by atoms with Gasteiger partial charge < -0.3 is 20.7 Å². The molecule has 1 amide bonds. The number of anilines is 1. The highest BCUT2D eigenvalue weighted by atomic mass is 16.5. The van der Waals surface area contributed by atoms with Crippen LogP contribution in [0.4, 0.5) is 5.69 Å². The molecule has 1 aromatic carbocycles. The van der Waals surface area contributed by atoms with Crippen molar-refractivity contribution in [3.05, 3.63) is 23.8 Å². The van der Waals surface area contributed by atoms with Gasteiger partial charge in [0.1, 0.15) is 12.4 Å². The van der Waals surface area contributed by atoms with Crippen LogP contribution < -0.4 is 15.8 Å². The minimum Gasteiger partial charge on any atom is -0.490 e. The number of nitrogens with one attached hydrogen (secondary N) is 1. The Morgan fingerprint density at radius 1 is 1.50 bits per heavy atom. The van der Waals surface area contributed by atoms with Crippen molar-refractivity contribution in [3.63, 3.8) is 0 Å². The zero-order valence-corrected chi connectivity index (χ0v) is 12.2. The molecule has 0 heterocycles. The average molecular weight is 277 g/mol. The fourth-order valence-electron chi connectivity index (χ4n) is 2.08. The van der Waals surface area contributed by atoms with E-state index in [2.05, 4.69) is 17.3 Å². The lowest BCUT2D eigenvalue weighted by molar-refractivity contribution is 0.0956. The molecule has 1 fully saturated rings. The second-order valence-corrected chi connectivity index (χ2v) is 5.17. The molecule has 1 aromatic rings. The molecule has 0 radical (unpaired) electrons. The fourth-order valence-corrected chi connectivity index (χ4v) is 2.08. The van der Waals surface area contributed by atoms with Gasteiger partial charge in [0.05, 0.1) is 5.69 Å². The maximum Gasteiger partial charge on any atom is 0.251 e. The van der Waals surface area contributed by atoms with E-state index in [4.69, 9.17) is 10.5 Å². The van der Waals surface area contributed by atoms with Crippen LogP contribution in [0.2, 0.25) is 0 Å². The maximum absolute atomic E-state index is 11.7. The number of nitrogens with zero attached hydrogens (tertiary/aromatic N) is 1. The minimum absolute atomic E-state index is 0.112. The van der Waals surface area contributed by atoms with Crippen LogP contribution in [-0.4, -0.2) is 43.6 Å². The second-order valence-electron chi connectivity index (χ2n) is 5.17. The van der Waals surface area contributed by atoms with Crippen molar-refractivity contribution in [2.45, 2.75) is 25.8 Å². The highest BCUT2D eigenvalue weighted by molar-refractivity contribution is 5.95. The van der Waals surface area contributed by atoms with E-state index >= 15 is 0 Å². The summed E-state index contributed by atoms with van der Waals surface area (Å²) >= 11 is 0. The van der Waals surface area contributed by atoms with Crippen molar-refractivity contribution < 1.29 is 9.53 Å². The van der Waals surface area contributed by atoms with Gasteiger partial charge in [-0.2, -0.15) is 0 Å². The summed E-state index contributed by atoms with van der Waals surface area (Å²) in [5, 5.41) is 2.74. The molecule has 1 aliphatic carbocycles. The summed E-state index contributed by atoms with van der Waals surface area (Å²) < 4.78 is 5.68. The molecule has 5 heteroatoms. The first-order chi connectivity index (χ1) is 9.61. The number of rotatable bonds is 7. The summed E-state index contributed by atoms with van der Waals surface area (Å²) in [5.74, 6) is 0.529. The van der Waals surface area contributed by atoms with Crippen LogP contribution in [0.15, 0.2) is 18.2 Å². The van der Waals surface area contributed by atoms with Gasteiger partial charge in [0.2, 0.25) is 0 Å².